The van der Waals surface area contributed by atoms with E-state index in [-0.39, 0.29) is 0 Å². The van der Waals surface area contributed by atoms with Crippen molar-refractivity contribution in [2.45, 2.75) is 27.7 Å². The highest BCUT2D eigenvalue weighted by molar-refractivity contribution is 5.07. The summed E-state index contributed by atoms with van der Waals surface area (Å²) < 4.78 is 9.73. The van der Waals surface area contributed by atoms with E-state index in [9.17, 15) is 0 Å². The van der Waals surface area contributed by atoms with Gasteiger partial charge in [-0.2, -0.15) is 0 Å². The van der Waals surface area contributed by atoms with Crippen molar-refractivity contribution in [3.05, 3.63) is 11.8 Å². The molecular formula is C8H15NO2. The minimum atomic E-state index is 0.495. The fourth-order valence-corrected chi connectivity index (χ4v) is 0.551. The van der Waals surface area contributed by atoms with Crippen LogP contribution < -0.4 is 4.74 Å². The molecule has 0 bridgehead atoms. The van der Waals surface area contributed by atoms with E-state index in [0.29, 0.717) is 12.6 Å². The Morgan fingerprint density at radius 2 is 2.18 bits per heavy atom. The summed E-state index contributed by atoms with van der Waals surface area (Å²) >= 11 is 0. The smallest absolute Gasteiger partial charge is 0.311 e. The van der Waals surface area contributed by atoms with Crippen LogP contribution in [0.1, 0.15) is 26.5 Å². The molecule has 3 heteroatoms. The standard InChI is InChI=1S/C6H9NO2.C2H6/c1-3-8-6-4-5(2)7-9-6;1-2/h4H,3H2,1-2H3;1-2H3. The SMILES string of the molecule is CC.CCOc1cc(C)no1. The van der Waals surface area contributed by atoms with E-state index >= 15 is 0 Å². The average Bonchev–Trinajstić information content (AvgIpc) is 2.41. The van der Waals surface area contributed by atoms with Crippen molar-refractivity contribution >= 4 is 0 Å². The van der Waals surface area contributed by atoms with Gasteiger partial charge in [-0.1, -0.05) is 19.0 Å². The molecule has 1 rings (SSSR count). The Morgan fingerprint density at radius 3 is 2.55 bits per heavy atom. The second-order valence-electron chi connectivity index (χ2n) is 1.72. The molecule has 0 aliphatic rings. The van der Waals surface area contributed by atoms with Gasteiger partial charge in [0.25, 0.3) is 0 Å². The molecule has 1 heterocycles. The van der Waals surface area contributed by atoms with Crippen LogP contribution in [0.15, 0.2) is 10.6 Å². The molecule has 0 fully saturated rings. The lowest BCUT2D eigenvalue weighted by Gasteiger charge is -1.91. The first-order chi connectivity index (χ1) is 5.33. The molecule has 64 valence electrons. The average molecular weight is 157 g/mol. The molecule has 0 radical (unpaired) electrons. The minimum absolute atomic E-state index is 0.495. The zero-order valence-corrected chi connectivity index (χ0v) is 7.55. The van der Waals surface area contributed by atoms with Crippen LogP contribution in [-0.2, 0) is 0 Å². The third-order valence-corrected chi connectivity index (χ3v) is 0.893. The van der Waals surface area contributed by atoms with E-state index < -0.39 is 0 Å². The van der Waals surface area contributed by atoms with Crippen LogP contribution in [0.25, 0.3) is 0 Å². The number of rotatable bonds is 2. The fraction of sp³-hybridized carbons (Fsp3) is 0.625. The highest BCUT2D eigenvalue weighted by atomic mass is 16.6. The Balaban J connectivity index is 0.000000461. The summed E-state index contributed by atoms with van der Waals surface area (Å²) in [6.07, 6.45) is 0. The van der Waals surface area contributed by atoms with Crippen LogP contribution in [-0.4, -0.2) is 11.8 Å². The van der Waals surface area contributed by atoms with Gasteiger partial charge in [-0.25, -0.2) is 0 Å². The zero-order chi connectivity index (χ0) is 8.69. The van der Waals surface area contributed by atoms with Crippen molar-refractivity contribution in [1.29, 1.82) is 0 Å². The third kappa shape index (κ3) is 3.65. The number of aromatic nitrogens is 1. The minimum Gasteiger partial charge on any atom is -0.464 e. The normalized spacial score (nSPS) is 8.36. The molecule has 0 aliphatic carbocycles. The maximum atomic E-state index is 5.00. The molecule has 0 amide bonds. The van der Waals surface area contributed by atoms with E-state index in [1.807, 2.05) is 27.7 Å². The first-order valence-corrected chi connectivity index (χ1v) is 3.89. The lowest BCUT2D eigenvalue weighted by atomic mass is 10.5. The molecule has 0 aliphatic heterocycles. The van der Waals surface area contributed by atoms with Crippen molar-refractivity contribution in [3.8, 4) is 5.95 Å². The third-order valence-electron chi connectivity index (χ3n) is 0.893. The number of ether oxygens (including phenoxy) is 1. The summed E-state index contributed by atoms with van der Waals surface area (Å²) in [4.78, 5) is 0. The molecule has 0 atom stereocenters. The molecule has 1 aromatic heterocycles. The van der Waals surface area contributed by atoms with E-state index in [1.54, 1.807) is 6.07 Å². The molecule has 0 spiro atoms. The van der Waals surface area contributed by atoms with E-state index in [4.69, 9.17) is 9.26 Å². The summed E-state index contributed by atoms with van der Waals surface area (Å²) in [5.41, 5.74) is 0.846. The van der Waals surface area contributed by atoms with Crippen molar-refractivity contribution < 1.29 is 9.26 Å². The molecule has 0 unspecified atom stereocenters. The lowest BCUT2D eigenvalue weighted by molar-refractivity contribution is 0.225. The fourth-order valence-electron chi connectivity index (χ4n) is 0.551. The second kappa shape index (κ2) is 5.77. The Kier molecular flexibility index (Phi) is 5.25. The first-order valence-electron chi connectivity index (χ1n) is 3.89. The molecule has 0 saturated heterocycles. The first kappa shape index (κ1) is 10.0. The predicted molar refractivity (Wildman–Crippen MR) is 43.8 cm³/mol. The Morgan fingerprint density at radius 1 is 1.55 bits per heavy atom. The summed E-state index contributed by atoms with van der Waals surface area (Å²) in [5, 5.41) is 3.64. The van der Waals surface area contributed by atoms with Crippen molar-refractivity contribution in [2.75, 3.05) is 6.61 Å². The van der Waals surface area contributed by atoms with Gasteiger partial charge in [0.2, 0.25) is 0 Å². The Bertz CT molecular complexity index is 184. The van der Waals surface area contributed by atoms with E-state index in [0.717, 1.165) is 5.69 Å². The molecule has 1 aromatic rings. The summed E-state index contributed by atoms with van der Waals surface area (Å²) in [5.74, 6) is 0.495. The Labute approximate surface area is 67.3 Å². The van der Waals surface area contributed by atoms with Gasteiger partial charge in [0, 0.05) is 6.07 Å². The van der Waals surface area contributed by atoms with Crippen LogP contribution in [0.5, 0.6) is 5.95 Å². The number of aryl methyl sites for hydroxylation is 1. The molecule has 3 nitrogen and oxygen atoms in total. The quantitative estimate of drug-likeness (QED) is 0.661. The molecular weight excluding hydrogens is 142 g/mol. The summed E-state index contributed by atoms with van der Waals surface area (Å²) in [6, 6.07) is 1.75. The number of hydrogen-bond acceptors (Lipinski definition) is 3. The van der Waals surface area contributed by atoms with Gasteiger partial charge in [0.15, 0.2) is 0 Å². The van der Waals surface area contributed by atoms with Crippen LogP contribution in [0.2, 0.25) is 0 Å². The van der Waals surface area contributed by atoms with Crippen molar-refractivity contribution in [2.24, 2.45) is 0 Å². The van der Waals surface area contributed by atoms with Gasteiger partial charge >= 0.3 is 5.95 Å². The Hall–Kier alpha value is -0.990. The van der Waals surface area contributed by atoms with Crippen molar-refractivity contribution in [3.63, 3.8) is 0 Å². The monoisotopic (exact) mass is 157 g/mol. The molecule has 0 saturated carbocycles. The number of nitrogens with zero attached hydrogens (tertiary/aromatic N) is 1. The van der Waals surface area contributed by atoms with Gasteiger partial charge in [0.1, 0.15) is 0 Å². The van der Waals surface area contributed by atoms with E-state index in [1.165, 1.54) is 0 Å². The van der Waals surface area contributed by atoms with E-state index in [2.05, 4.69) is 5.16 Å². The second-order valence-corrected chi connectivity index (χ2v) is 1.72. The van der Waals surface area contributed by atoms with Crippen LogP contribution >= 0.6 is 0 Å². The lowest BCUT2D eigenvalue weighted by Crippen LogP contribution is -1.87. The zero-order valence-electron chi connectivity index (χ0n) is 7.55. The van der Waals surface area contributed by atoms with Gasteiger partial charge in [-0.15, -0.1) is 0 Å². The molecule has 11 heavy (non-hydrogen) atoms. The maximum Gasteiger partial charge on any atom is 0.311 e. The highest BCUT2D eigenvalue weighted by Gasteiger charge is 1.96. The topological polar surface area (TPSA) is 35.3 Å². The maximum absolute atomic E-state index is 5.00. The largest absolute Gasteiger partial charge is 0.464 e. The number of hydrogen-bond donors (Lipinski definition) is 0. The van der Waals surface area contributed by atoms with Crippen LogP contribution in [0.3, 0.4) is 0 Å². The summed E-state index contributed by atoms with van der Waals surface area (Å²) in [7, 11) is 0. The molecule has 0 aromatic carbocycles. The molecule has 0 N–H and O–H groups in total. The van der Waals surface area contributed by atoms with Gasteiger partial charge in [-0.3, -0.25) is 0 Å². The summed E-state index contributed by atoms with van der Waals surface area (Å²) in [6.45, 7) is 8.37. The van der Waals surface area contributed by atoms with Crippen LogP contribution in [0, 0.1) is 6.92 Å². The van der Waals surface area contributed by atoms with Gasteiger partial charge in [0.05, 0.1) is 12.3 Å². The predicted octanol–water partition coefficient (Wildman–Crippen LogP) is 2.41. The van der Waals surface area contributed by atoms with Gasteiger partial charge in [-0.05, 0) is 13.8 Å². The van der Waals surface area contributed by atoms with Crippen LogP contribution in [0.4, 0.5) is 0 Å². The van der Waals surface area contributed by atoms with Gasteiger partial charge < -0.3 is 9.26 Å². The van der Waals surface area contributed by atoms with Crippen molar-refractivity contribution in [1.82, 2.24) is 5.16 Å². The highest BCUT2D eigenvalue weighted by Crippen LogP contribution is 2.10.